The highest BCUT2D eigenvalue weighted by atomic mass is 16.6. The number of hydrogen-bond donors (Lipinski definition) is 1. The van der Waals surface area contributed by atoms with Crippen molar-refractivity contribution in [3.8, 4) is 11.1 Å². The number of likely N-dealkylation sites (tertiary alicyclic amines) is 1. The quantitative estimate of drug-likeness (QED) is 0.864. The van der Waals surface area contributed by atoms with Crippen LogP contribution in [-0.2, 0) is 14.3 Å². The number of amides is 1. The number of aliphatic carboxylic acids is 1. The van der Waals surface area contributed by atoms with Crippen LogP contribution in [0.15, 0.2) is 48.5 Å². The second-order valence-corrected chi connectivity index (χ2v) is 8.15. The Bertz CT molecular complexity index is 920. The van der Waals surface area contributed by atoms with E-state index in [9.17, 15) is 14.7 Å². The zero-order valence-electron chi connectivity index (χ0n) is 16.0. The number of benzene rings is 2. The number of hydrogen-bond acceptors (Lipinski definition) is 4. The zero-order valence-corrected chi connectivity index (χ0v) is 16.0. The number of carbonyl (C=O) groups is 2. The summed E-state index contributed by atoms with van der Waals surface area (Å²) in [6.07, 6.45) is 0.783. The Hall–Kier alpha value is -2.86. The highest BCUT2D eigenvalue weighted by Crippen LogP contribution is 2.47. The fourth-order valence-electron chi connectivity index (χ4n) is 5.19. The largest absolute Gasteiger partial charge is 0.480 e. The molecular formula is C23H23NO5. The molecule has 2 heterocycles. The lowest BCUT2D eigenvalue weighted by atomic mass is 9.66. The Labute approximate surface area is 169 Å². The van der Waals surface area contributed by atoms with Crippen LogP contribution in [0.25, 0.3) is 11.1 Å². The molecule has 0 bridgehead atoms. The van der Waals surface area contributed by atoms with Gasteiger partial charge in [-0.15, -0.1) is 0 Å². The SMILES string of the molecule is O=C(O)C1N(C(=O)OCC2c3ccccc3-c3ccccc32)CC12CCOCC2. The van der Waals surface area contributed by atoms with Gasteiger partial charge in [0, 0.05) is 31.1 Å². The van der Waals surface area contributed by atoms with Crippen molar-refractivity contribution in [2.24, 2.45) is 5.41 Å². The van der Waals surface area contributed by atoms with E-state index in [-0.39, 0.29) is 17.9 Å². The molecule has 150 valence electrons. The number of rotatable bonds is 3. The van der Waals surface area contributed by atoms with Crippen LogP contribution in [0.4, 0.5) is 4.79 Å². The van der Waals surface area contributed by atoms with Crippen LogP contribution in [0.2, 0.25) is 0 Å². The molecule has 1 aliphatic carbocycles. The third-order valence-electron chi connectivity index (χ3n) is 6.67. The number of nitrogens with zero attached hydrogens (tertiary/aromatic N) is 1. The lowest BCUT2D eigenvalue weighted by Crippen LogP contribution is -2.70. The standard InChI is InChI=1S/C23H23NO5/c25-21(26)20-23(9-11-28-12-10-23)14-24(20)22(27)29-13-19-17-7-3-1-5-15(17)16-6-2-4-8-18(16)19/h1-8,19-20H,9-14H2,(H,25,26). The number of carbonyl (C=O) groups excluding carboxylic acids is 1. The summed E-state index contributed by atoms with van der Waals surface area (Å²) in [6.45, 7) is 1.71. The number of carboxylic acids is 1. The van der Waals surface area contributed by atoms with Gasteiger partial charge >= 0.3 is 12.1 Å². The monoisotopic (exact) mass is 393 g/mol. The maximum absolute atomic E-state index is 12.8. The summed E-state index contributed by atoms with van der Waals surface area (Å²) in [4.78, 5) is 26.0. The molecule has 29 heavy (non-hydrogen) atoms. The highest BCUT2D eigenvalue weighted by Gasteiger charge is 2.59. The third-order valence-corrected chi connectivity index (χ3v) is 6.67. The first-order valence-corrected chi connectivity index (χ1v) is 10.0. The van der Waals surface area contributed by atoms with E-state index in [1.54, 1.807) is 0 Å². The Kier molecular flexibility index (Phi) is 4.32. The van der Waals surface area contributed by atoms with Gasteiger partial charge in [-0.05, 0) is 35.1 Å². The van der Waals surface area contributed by atoms with E-state index >= 15 is 0 Å². The Morgan fingerprint density at radius 1 is 1.03 bits per heavy atom. The molecule has 1 unspecified atom stereocenters. The molecule has 2 fully saturated rings. The molecule has 0 saturated carbocycles. The van der Waals surface area contributed by atoms with Gasteiger partial charge in [-0.2, -0.15) is 0 Å². The molecule has 2 aromatic carbocycles. The van der Waals surface area contributed by atoms with Crippen molar-refractivity contribution < 1.29 is 24.2 Å². The smallest absolute Gasteiger partial charge is 0.410 e. The fraction of sp³-hybridized carbons (Fsp3) is 0.391. The molecule has 1 N–H and O–H groups in total. The Morgan fingerprint density at radius 3 is 2.21 bits per heavy atom. The predicted octanol–water partition coefficient (Wildman–Crippen LogP) is 3.50. The average Bonchev–Trinajstić information content (AvgIpc) is 3.04. The molecule has 1 atom stereocenters. The van der Waals surface area contributed by atoms with Gasteiger partial charge in [0.05, 0.1) is 0 Å². The zero-order chi connectivity index (χ0) is 20.0. The van der Waals surface area contributed by atoms with E-state index in [2.05, 4.69) is 24.3 Å². The molecule has 2 saturated heterocycles. The second kappa shape index (κ2) is 6.88. The molecule has 6 nitrogen and oxygen atoms in total. The van der Waals surface area contributed by atoms with Gasteiger partial charge in [-0.25, -0.2) is 9.59 Å². The maximum atomic E-state index is 12.8. The van der Waals surface area contributed by atoms with Crippen molar-refractivity contribution in [3.63, 3.8) is 0 Å². The third kappa shape index (κ3) is 2.82. The van der Waals surface area contributed by atoms with Crippen LogP contribution in [0, 0.1) is 5.41 Å². The number of carboxylic acid groups (broad SMARTS) is 1. The summed E-state index contributed by atoms with van der Waals surface area (Å²) >= 11 is 0. The maximum Gasteiger partial charge on any atom is 0.410 e. The molecule has 5 rings (SSSR count). The van der Waals surface area contributed by atoms with Gasteiger partial charge in [0.25, 0.3) is 0 Å². The summed E-state index contributed by atoms with van der Waals surface area (Å²) in [5.41, 5.74) is 4.23. The average molecular weight is 393 g/mol. The van der Waals surface area contributed by atoms with Crippen molar-refractivity contribution in [3.05, 3.63) is 59.7 Å². The van der Waals surface area contributed by atoms with Gasteiger partial charge in [0.1, 0.15) is 12.6 Å². The summed E-state index contributed by atoms with van der Waals surface area (Å²) in [5.74, 6) is -1.00. The van der Waals surface area contributed by atoms with Crippen LogP contribution < -0.4 is 0 Å². The molecular weight excluding hydrogens is 370 g/mol. The van der Waals surface area contributed by atoms with Crippen LogP contribution in [0.3, 0.4) is 0 Å². The molecule has 2 aliphatic heterocycles. The predicted molar refractivity (Wildman–Crippen MR) is 106 cm³/mol. The minimum absolute atomic E-state index is 0.0343. The molecule has 1 spiro atoms. The molecule has 1 amide bonds. The summed E-state index contributed by atoms with van der Waals surface area (Å²) in [6, 6.07) is 15.5. The van der Waals surface area contributed by atoms with Gasteiger partial charge in [-0.3, -0.25) is 4.90 Å². The molecule has 6 heteroatoms. The minimum atomic E-state index is -0.966. The molecule has 0 radical (unpaired) electrons. The van der Waals surface area contributed by atoms with Crippen molar-refractivity contribution in [1.29, 1.82) is 0 Å². The van der Waals surface area contributed by atoms with Crippen molar-refractivity contribution in [1.82, 2.24) is 4.90 Å². The van der Waals surface area contributed by atoms with Crippen molar-refractivity contribution >= 4 is 12.1 Å². The van der Waals surface area contributed by atoms with E-state index in [0.29, 0.717) is 32.6 Å². The second-order valence-electron chi connectivity index (χ2n) is 8.15. The van der Waals surface area contributed by atoms with Gasteiger partial charge in [0.15, 0.2) is 0 Å². The van der Waals surface area contributed by atoms with Crippen LogP contribution >= 0.6 is 0 Å². The van der Waals surface area contributed by atoms with E-state index < -0.39 is 18.1 Å². The lowest BCUT2D eigenvalue weighted by molar-refractivity contribution is -0.172. The highest BCUT2D eigenvalue weighted by molar-refractivity contribution is 5.84. The lowest BCUT2D eigenvalue weighted by Gasteiger charge is -2.56. The summed E-state index contributed by atoms with van der Waals surface area (Å²) in [5, 5.41) is 9.72. The van der Waals surface area contributed by atoms with Crippen molar-refractivity contribution in [2.45, 2.75) is 24.8 Å². The van der Waals surface area contributed by atoms with Crippen LogP contribution in [0.5, 0.6) is 0 Å². The summed E-state index contributed by atoms with van der Waals surface area (Å²) < 4.78 is 11.0. The van der Waals surface area contributed by atoms with Crippen LogP contribution in [0.1, 0.15) is 29.9 Å². The van der Waals surface area contributed by atoms with E-state index in [4.69, 9.17) is 9.47 Å². The van der Waals surface area contributed by atoms with E-state index in [0.717, 1.165) is 22.3 Å². The number of fused-ring (bicyclic) bond motifs is 3. The Morgan fingerprint density at radius 2 is 1.62 bits per heavy atom. The molecule has 0 aromatic heterocycles. The first-order valence-electron chi connectivity index (χ1n) is 10.0. The first kappa shape index (κ1) is 18.2. The van der Waals surface area contributed by atoms with E-state index in [1.807, 2.05) is 24.3 Å². The summed E-state index contributed by atoms with van der Waals surface area (Å²) in [7, 11) is 0. The number of ether oxygens (including phenoxy) is 2. The fourth-order valence-corrected chi connectivity index (χ4v) is 5.19. The minimum Gasteiger partial charge on any atom is -0.480 e. The van der Waals surface area contributed by atoms with Gasteiger partial charge < -0.3 is 14.6 Å². The molecule has 2 aromatic rings. The first-order chi connectivity index (χ1) is 14.1. The topological polar surface area (TPSA) is 76.1 Å². The van der Waals surface area contributed by atoms with Gasteiger partial charge in [0.2, 0.25) is 0 Å². The van der Waals surface area contributed by atoms with Gasteiger partial charge in [-0.1, -0.05) is 48.5 Å². The molecule has 3 aliphatic rings. The van der Waals surface area contributed by atoms with Crippen molar-refractivity contribution in [2.75, 3.05) is 26.4 Å². The van der Waals surface area contributed by atoms with E-state index in [1.165, 1.54) is 4.90 Å². The van der Waals surface area contributed by atoms with Crippen LogP contribution in [-0.4, -0.2) is 54.5 Å². The Balaban J connectivity index is 1.32. The normalized spacial score (nSPS) is 21.9.